The molecule has 0 bridgehead atoms. The van der Waals surface area contributed by atoms with E-state index in [4.69, 9.17) is 28.9 Å². The lowest BCUT2D eigenvalue weighted by Crippen LogP contribution is -2.47. The van der Waals surface area contributed by atoms with Gasteiger partial charge in [-0.15, -0.1) is 11.3 Å². The molecular formula is C19H20Cl2F3N3O3S2. The van der Waals surface area contributed by atoms with E-state index in [0.29, 0.717) is 32.0 Å². The Morgan fingerprint density at radius 2 is 1.78 bits per heavy atom. The van der Waals surface area contributed by atoms with Crippen molar-refractivity contribution >= 4 is 50.5 Å². The van der Waals surface area contributed by atoms with Crippen molar-refractivity contribution in [3.05, 3.63) is 49.9 Å². The first kappa shape index (κ1) is 25.3. The number of carbonyl (C=O) groups excluding carboxylic acids is 1. The van der Waals surface area contributed by atoms with E-state index in [9.17, 15) is 26.4 Å². The number of thiophene rings is 1. The molecule has 1 aliphatic rings. The van der Waals surface area contributed by atoms with Crippen LogP contribution in [0.15, 0.2) is 23.1 Å². The lowest BCUT2D eigenvalue weighted by molar-refractivity contribution is -0.132. The molecule has 3 N–H and O–H groups in total. The Hall–Kier alpha value is -1.37. The minimum Gasteiger partial charge on any atom is -0.343 e. The summed E-state index contributed by atoms with van der Waals surface area (Å²) in [5.41, 5.74) is 5.81. The second-order valence-electron chi connectivity index (χ2n) is 7.49. The lowest BCUT2D eigenvalue weighted by Gasteiger charge is -2.32. The number of hydrogen-bond donors (Lipinski definition) is 2. The number of likely N-dealkylation sites (tertiary alicyclic amines) is 1. The summed E-state index contributed by atoms with van der Waals surface area (Å²) in [6.45, 7) is 0.604. The molecule has 1 atom stereocenters. The van der Waals surface area contributed by atoms with Crippen LogP contribution in [0.25, 0.3) is 0 Å². The van der Waals surface area contributed by atoms with E-state index in [2.05, 4.69) is 4.72 Å². The number of benzene rings is 1. The normalized spacial score (nSPS) is 16.4. The second kappa shape index (κ2) is 10.3. The van der Waals surface area contributed by atoms with Crippen LogP contribution in [0.5, 0.6) is 0 Å². The Kier molecular flexibility index (Phi) is 8.11. The van der Waals surface area contributed by atoms with Gasteiger partial charge in [0, 0.05) is 37.7 Å². The second-order valence-corrected chi connectivity index (χ2v) is 11.5. The summed E-state index contributed by atoms with van der Waals surface area (Å²) < 4.78 is 68.1. The number of sulfonamides is 1. The van der Waals surface area contributed by atoms with Gasteiger partial charge >= 0.3 is 0 Å². The largest absolute Gasteiger partial charge is 0.343 e. The van der Waals surface area contributed by atoms with Gasteiger partial charge in [-0.2, -0.15) is 0 Å². The number of hydrogen-bond acceptors (Lipinski definition) is 5. The summed E-state index contributed by atoms with van der Waals surface area (Å²) in [4.78, 5) is 14.0. The van der Waals surface area contributed by atoms with Gasteiger partial charge in [0.1, 0.15) is 15.0 Å². The number of nitrogens with two attached hydrogens (primary N) is 1. The fourth-order valence-corrected chi connectivity index (χ4v) is 6.92. The van der Waals surface area contributed by atoms with Crippen molar-refractivity contribution in [1.29, 1.82) is 0 Å². The Bertz CT molecular complexity index is 1110. The summed E-state index contributed by atoms with van der Waals surface area (Å²) in [7, 11) is -3.84. The van der Waals surface area contributed by atoms with Gasteiger partial charge in [-0.05, 0) is 37.0 Å². The van der Waals surface area contributed by atoms with Crippen molar-refractivity contribution in [2.75, 3.05) is 13.1 Å². The molecule has 1 fully saturated rings. The van der Waals surface area contributed by atoms with Gasteiger partial charge in [0.25, 0.3) is 0 Å². The molecule has 32 heavy (non-hydrogen) atoms. The van der Waals surface area contributed by atoms with Crippen molar-refractivity contribution in [2.45, 2.75) is 42.7 Å². The van der Waals surface area contributed by atoms with Gasteiger partial charge in [-0.1, -0.05) is 23.2 Å². The fraction of sp³-hybridized carbons (Fsp3) is 0.421. The monoisotopic (exact) mass is 529 g/mol. The highest BCUT2D eigenvalue weighted by Gasteiger charge is 2.29. The summed E-state index contributed by atoms with van der Waals surface area (Å²) in [6, 6.07) is 1.29. The molecule has 0 radical (unpaired) electrons. The van der Waals surface area contributed by atoms with Gasteiger partial charge < -0.3 is 10.6 Å². The number of carbonyl (C=O) groups is 1. The number of nitrogens with one attached hydrogen (secondary N) is 1. The molecular weight excluding hydrogens is 510 g/mol. The zero-order chi connectivity index (χ0) is 23.6. The summed E-state index contributed by atoms with van der Waals surface area (Å²) in [5.74, 6) is -3.68. The number of rotatable bonds is 7. The van der Waals surface area contributed by atoms with Crippen LogP contribution in [-0.2, 0) is 21.2 Å². The van der Waals surface area contributed by atoms with Gasteiger partial charge in [0.05, 0.1) is 4.34 Å². The predicted octanol–water partition coefficient (Wildman–Crippen LogP) is 3.70. The standard InChI is InChI=1S/C19H20Cl2F3N3O3S2/c20-17-9-16(19(21)31-17)32(29,30)26-12-1-3-27(4-2-12)18(28)7-11(25)5-10-6-14(23)15(24)8-13(10)22/h6,8-9,11-12,26H,1-5,7,25H2/t11-/m1/s1. The van der Waals surface area contributed by atoms with E-state index in [1.54, 1.807) is 4.90 Å². The Labute approximate surface area is 197 Å². The van der Waals surface area contributed by atoms with Crippen LogP contribution in [0.2, 0.25) is 8.67 Å². The van der Waals surface area contributed by atoms with Gasteiger partial charge in [0.2, 0.25) is 15.9 Å². The van der Waals surface area contributed by atoms with E-state index < -0.39 is 33.5 Å². The average Bonchev–Trinajstić information content (AvgIpc) is 3.05. The minimum atomic E-state index is -3.84. The molecule has 0 spiro atoms. The molecule has 176 valence electrons. The first-order chi connectivity index (χ1) is 15.0. The third-order valence-electron chi connectivity index (χ3n) is 5.09. The quantitative estimate of drug-likeness (QED) is 0.535. The third-order valence-corrected chi connectivity index (χ3v) is 8.37. The number of nitrogens with zero attached hydrogens (tertiary/aromatic N) is 1. The molecule has 0 saturated carbocycles. The van der Waals surface area contributed by atoms with Crippen LogP contribution in [-0.4, -0.2) is 44.4 Å². The van der Waals surface area contributed by atoms with E-state index in [0.717, 1.165) is 17.4 Å². The first-order valence-corrected chi connectivity index (χ1v) is 12.7. The first-order valence-electron chi connectivity index (χ1n) is 9.60. The summed E-state index contributed by atoms with van der Waals surface area (Å²) in [5, 5.41) is 0. The van der Waals surface area contributed by atoms with Crippen LogP contribution in [0.3, 0.4) is 0 Å². The maximum absolute atomic E-state index is 13.8. The fourth-order valence-electron chi connectivity index (χ4n) is 3.47. The van der Waals surface area contributed by atoms with Crippen LogP contribution >= 0.6 is 34.5 Å². The van der Waals surface area contributed by atoms with Crippen molar-refractivity contribution in [1.82, 2.24) is 9.62 Å². The molecule has 1 saturated heterocycles. The summed E-state index contributed by atoms with van der Waals surface area (Å²) >= 11 is 12.7. The Morgan fingerprint density at radius 3 is 2.38 bits per heavy atom. The summed E-state index contributed by atoms with van der Waals surface area (Å²) in [6.07, 6.45) is 0.522. The number of halogens is 5. The van der Waals surface area contributed by atoms with E-state index in [-0.39, 0.29) is 43.9 Å². The van der Waals surface area contributed by atoms with Crippen molar-refractivity contribution < 1.29 is 26.4 Å². The average molecular weight is 530 g/mol. The van der Waals surface area contributed by atoms with Crippen molar-refractivity contribution in [3.8, 4) is 0 Å². The number of piperidine rings is 1. The molecule has 2 aromatic rings. The third kappa shape index (κ3) is 6.15. The topological polar surface area (TPSA) is 92.5 Å². The maximum atomic E-state index is 13.8. The van der Waals surface area contributed by atoms with Gasteiger partial charge in [-0.25, -0.2) is 26.3 Å². The molecule has 0 aliphatic carbocycles. The predicted molar refractivity (Wildman–Crippen MR) is 117 cm³/mol. The van der Waals surface area contributed by atoms with Crippen LogP contribution in [0, 0.1) is 17.5 Å². The van der Waals surface area contributed by atoms with Crippen molar-refractivity contribution in [2.24, 2.45) is 5.73 Å². The van der Waals surface area contributed by atoms with E-state index in [1.165, 1.54) is 6.07 Å². The SMILES string of the molecule is N[C@@H](CC(=O)N1CCC(NS(=O)(=O)c2cc(Cl)sc2Cl)CC1)Cc1cc(F)c(F)cc1F. The zero-order valence-electron chi connectivity index (χ0n) is 16.6. The molecule has 0 unspecified atom stereocenters. The molecule has 13 heteroatoms. The van der Waals surface area contributed by atoms with Crippen LogP contribution in [0.1, 0.15) is 24.8 Å². The Balaban J connectivity index is 1.51. The van der Waals surface area contributed by atoms with Crippen LogP contribution < -0.4 is 10.5 Å². The smallest absolute Gasteiger partial charge is 0.243 e. The molecule has 1 amide bonds. The minimum absolute atomic E-state index is 0.0709. The Morgan fingerprint density at radius 1 is 1.16 bits per heavy atom. The molecule has 2 heterocycles. The van der Waals surface area contributed by atoms with Crippen molar-refractivity contribution in [3.63, 3.8) is 0 Å². The molecule has 3 rings (SSSR count). The molecule has 1 aliphatic heterocycles. The highest BCUT2D eigenvalue weighted by atomic mass is 35.5. The highest BCUT2D eigenvalue weighted by Crippen LogP contribution is 2.34. The van der Waals surface area contributed by atoms with E-state index in [1.807, 2.05) is 0 Å². The molecule has 1 aromatic carbocycles. The van der Waals surface area contributed by atoms with E-state index >= 15 is 0 Å². The maximum Gasteiger partial charge on any atom is 0.243 e. The molecule has 6 nitrogen and oxygen atoms in total. The van der Waals surface area contributed by atoms with Gasteiger partial charge in [-0.3, -0.25) is 4.79 Å². The van der Waals surface area contributed by atoms with Crippen LogP contribution in [0.4, 0.5) is 13.2 Å². The number of amides is 1. The zero-order valence-corrected chi connectivity index (χ0v) is 19.7. The molecule has 1 aromatic heterocycles. The highest BCUT2D eigenvalue weighted by molar-refractivity contribution is 7.89. The van der Waals surface area contributed by atoms with Gasteiger partial charge in [0.15, 0.2) is 11.6 Å². The lowest BCUT2D eigenvalue weighted by atomic mass is 10.0.